The second-order valence-electron chi connectivity index (χ2n) is 5.90. The number of carbonyl (C=O) groups is 1. The molecular formula is C20H10B2FO3. The fourth-order valence-corrected chi connectivity index (χ4v) is 3.13. The Hall–Kier alpha value is -3.14. The van der Waals surface area contributed by atoms with Crippen molar-refractivity contribution in [3.8, 4) is 11.5 Å². The van der Waals surface area contributed by atoms with E-state index in [0.717, 1.165) is 10.8 Å². The molecule has 0 atom stereocenters. The molecule has 0 fully saturated rings. The molecule has 0 aromatic heterocycles. The Balaban J connectivity index is 2.13. The van der Waals surface area contributed by atoms with Gasteiger partial charge in [-0.05, 0) is 0 Å². The first-order chi connectivity index (χ1) is 12.6. The average molecular weight is 339 g/mol. The second kappa shape index (κ2) is 6.30. The molecule has 0 spiro atoms. The summed E-state index contributed by atoms with van der Waals surface area (Å²) in [5.41, 5.74) is 2.61. The van der Waals surface area contributed by atoms with Crippen molar-refractivity contribution >= 4 is 32.3 Å². The topological polar surface area (TPSA) is 35.5 Å². The fraction of sp³-hybridized carbons (Fsp3) is 0. The zero-order chi connectivity index (χ0) is 18.3. The van der Waals surface area contributed by atoms with Gasteiger partial charge in [-0.2, -0.15) is 0 Å². The van der Waals surface area contributed by atoms with Gasteiger partial charge in [0, 0.05) is 0 Å². The van der Waals surface area contributed by atoms with Crippen molar-refractivity contribution in [1.29, 1.82) is 0 Å². The maximum atomic E-state index is 12.6. The summed E-state index contributed by atoms with van der Waals surface area (Å²) in [6, 6.07) is 17.1. The van der Waals surface area contributed by atoms with Gasteiger partial charge in [-0.3, -0.25) is 0 Å². The van der Waals surface area contributed by atoms with Crippen molar-refractivity contribution in [2.45, 2.75) is 0 Å². The first-order valence-electron chi connectivity index (χ1n) is 7.85. The van der Waals surface area contributed by atoms with Gasteiger partial charge < -0.3 is 0 Å². The first-order valence-corrected chi connectivity index (χ1v) is 7.85. The summed E-state index contributed by atoms with van der Waals surface area (Å²) in [6.45, 7) is 0. The molecule has 3 radical (unpaired) electrons. The van der Waals surface area contributed by atoms with Crippen LogP contribution in [-0.2, 0) is 4.94 Å². The molecule has 26 heavy (non-hydrogen) atoms. The molecular weight excluding hydrogens is 329 g/mol. The van der Waals surface area contributed by atoms with Gasteiger partial charge >= 0.3 is 151 Å². The SMILES string of the molecule is [B]c1ccc2c(c1)Oc1cc(=[B])ccc1=C2c1ccccc1C(=O)OF. The number of rotatable bonds is 2. The quantitative estimate of drug-likeness (QED) is 0.526. The van der Waals surface area contributed by atoms with E-state index < -0.39 is 5.97 Å². The van der Waals surface area contributed by atoms with Crippen LogP contribution in [-0.4, -0.2) is 21.3 Å². The van der Waals surface area contributed by atoms with Crippen molar-refractivity contribution in [3.05, 3.63) is 87.7 Å². The zero-order valence-electron chi connectivity index (χ0n) is 13.5. The molecule has 0 unspecified atom stereocenters. The number of hydrogen-bond acceptors (Lipinski definition) is 3. The summed E-state index contributed by atoms with van der Waals surface area (Å²) >= 11 is 0. The van der Waals surface area contributed by atoms with Crippen LogP contribution in [0.1, 0.15) is 21.5 Å². The molecule has 0 N–H and O–H groups in total. The van der Waals surface area contributed by atoms with Crippen LogP contribution < -0.4 is 15.4 Å². The number of ether oxygens (including phenoxy) is 1. The van der Waals surface area contributed by atoms with Crippen LogP contribution in [0.2, 0.25) is 0 Å². The maximum absolute atomic E-state index is 12.6. The molecule has 3 aromatic rings. The summed E-state index contributed by atoms with van der Waals surface area (Å²) in [7, 11) is 11.8. The molecule has 1 heterocycles. The van der Waals surface area contributed by atoms with Crippen molar-refractivity contribution in [2.24, 2.45) is 0 Å². The fourth-order valence-electron chi connectivity index (χ4n) is 3.13. The van der Waals surface area contributed by atoms with Crippen molar-refractivity contribution < 1.29 is 19.0 Å². The molecule has 6 heteroatoms. The molecule has 1 aliphatic rings. The van der Waals surface area contributed by atoms with Gasteiger partial charge in [0.1, 0.15) is 0 Å². The Morgan fingerprint density at radius 3 is 2.58 bits per heavy atom. The zero-order valence-corrected chi connectivity index (χ0v) is 13.5. The Morgan fingerprint density at radius 1 is 0.962 bits per heavy atom. The van der Waals surface area contributed by atoms with E-state index in [-0.39, 0.29) is 5.56 Å². The van der Waals surface area contributed by atoms with Gasteiger partial charge in [-0.1, -0.05) is 0 Å². The number of halogens is 1. The Bertz CT molecular complexity index is 1160. The van der Waals surface area contributed by atoms with Crippen molar-refractivity contribution in [1.82, 2.24) is 0 Å². The van der Waals surface area contributed by atoms with Crippen LogP contribution in [0.3, 0.4) is 0 Å². The summed E-state index contributed by atoms with van der Waals surface area (Å²) in [6.07, 6.45) is 0. The third-order valence-electron chi connectivity index (χ3n) is 4.26. The van der Waals surface area contributed by atoms with E-state index in [2.05, 4.69) is 4.94 Å². The Labute approximate surface area is 151 Å². The van der Waals surface area contributed by atoms with Gasteiger partial charge in [0.15, 0.2) is 0 Å². The molecule has 0 saturated heterocycles. The van der Waals surface area contributed by atoms with Crippen LogP contribution in [0.25, 0.3) is 5.57 Å². The van der Waals surface area contributed by atoms with Crippen LogP contribution in [0.4, 0.5) is 4.53 Å². The number of carbonyl (C=O) groups excluding carboxylic acids is 1. The van der Waals surface area contributed by atoms with Crippen LogP contribution in [0.5, 0.6) is 11.5 Å². The van der Waals surface area contributed by atoms with Gasteiger partial charge in [-0.15, -0.1) is 0 Å². The number of benzene rings is 3. The van der Waals surface area contributed by atoms with E-state index in [1.54, 1.807) is 54.6 Å². The normalized spacial score (nSPS) is 11.9. The molecule has 0 aliphatic carbocycles. The average Bonchev–Trinajstić information content (AvgIpc) is 2.65. The van der Waals surface area contributed by atoms with Gasteiger partial charge in [-0.25, -0.2) is 0 Å². The monoisotopic (exact) mass is 339 g/mol. The molecule has 0 amide bonds. The third kappa shape index (κ3) is 2.64. The van der Waals surface area contributed by atoms with E-state index in [1.165, 1.54) is 6.07 Å². The van der Waals surface area contributed by atoms with Gasteiger partial charge in [0.25, 0.3) is 0 Å². The number of hydrogen-bond donors (Lipinski definition) is 0. The van der Waals surface area contributed by atoms with Crippen LogP contribution >= 0.6 is 0 Å². The van der Waals surface area contributed by atoms with E-state index in [1.807, 2.05) is 0 Å². The summed E-state index contributed by atoms with van der Waals surface area (Å²) < 4.78 is 18.5. The van der Waals surface area contributed by atoms with Crippen molar-refractivity contribution in [2.75, 3.05) is 0 Å². The Kier molecular flexibility index (Phi) is 3.96. The molecule has 1 aliphatic heterocycles. The van der Waals surface area contributed by atoms with Crippen LogP contribution in [0.15, 0.2) is 60.7 Å². The minimum atomic E-state index is -1.06. The van der Waals surface area contributed by atoms with Crippen LogP contribution in [0, 0.1) is 5.11 Å². The van der Waals surface area contributed by atoms with E-state index in [9.17, 15) is 9.32 Å². The summed E-state index contributed by atoms with van der Waals surface area (Å²) in [5.74, 6) is -0.00313. The first kappa shape index (κ1) is 16.3. The second-order valence-corrected chi connectivity index (χ2v) is 5.90. The standard InChI is InChI=1S/C20H10B2FO3/c21-11-5-7-15-17(9-11)25-18-10-12(22)6-8-16(18)19(15)13-3-1-2-4-14(13)20(24)26-23/h1-10H. The molecule has 4 rings (SSSR count). The third-order valence-corrected chi connectivity index (χ3v) is 4.26. The summed E-state index contributed by atoms with van der Waals surface area (Å²) in [5, 5.41) is 1.27. The summed E-state index contributed by atoms with van der Waals surface area (Å²) in [4.78, 5) is 15.4. The van der Waals surface area contributed by atoms with E-state index in [0.29, 0.717) is 33.2 Å². The minimum absolute atomic E-state index is 0.109. The van der Waals surface area contributed by atoms with E-state index >= 15 is 0 Å². The molecule has 0 bridgehead atoms. The molecule has 3 aromatic carbocycles. The predicted molar refractivity (Wildman–Crippen MR) is 97.1 cm³/mol. The predicted octanol–water partition coefficient (Wildman–Crippen LogP) is 2.29. The number of fused-ring (bicyclic) bond motifs is 2. The molecule has 3 nitrogen and oxygen atoms in total. The molecule has 121 valence electrons. The van der Waals surface area contributed by atoms with E-state index in [4.69, 9.17) is 20.1 Å². The van der Waals surface area contributed by atoms with Crippen molar-refractivity contribution in [3.63, 3.8) is 0 Å². The van der Waals surface area contributed by atoms with Gasteiger partial charge in [0.2, 0.25) is 0 Å². The van der Waals surface area contributed by atoms with Gasteiger partial charge in [0.05, 0.1) is 0 Å². The molecule has 0 saturated carbocycles. The Morgan fingerprint density at radius 2 is 1.77 bits per heavy atom.